The number of nitrogens with zero attached hydrogens (tertiary/aromatic N) is 2. The number of H-pyrrole nitrogens is 2. The molecule has 0 aliphatic heterocycles. The number of aromatic nitrogens is 4. The summed E-state index contributed by atoms with van der Waals surface area (Å²) in [7, 11) is 0. The monoisotopic (exact) mass is 439 g/mol. The molecular weight excluding hydrogens is 414 g/mol. The van der Waals surface area contributed by atoms with Crippen LogP contribution in [0.15, 0.2) is 55.4 Å². The molecule has 0 aliphatic rings. The number of nitrogens with one attached hydrogen (secondary N) is 4. The van der Waals surface area contributed by atoms with E-state index in [9.17, 15) is 19.5 Å². The molecule has 168 valence electrons. The summed E-state index contributed by atoms with van der Waals surface area (Å²) in [6, 6.07) is 6.14. The number of benzene rings is 1. The molecule has 0 bridgehead atoms. The second-order valence-corrected chi connectivity index (χ2v) is 7.32. The minimum absolute atomic E-state index is 0.0132. The van der Waals surface area contributed by atoms with Gasteiger partial charge in [-0.3, -0.25) is 9.59 Å². The number of amides is 2. The number of nitrogens with two attached hydrogens (primary N) is 1. The summed E-state index contributed by atoms with van der Waals surface area (Å²) in [6.07, 6.45) is 6.27. The average molecular weight is 439 g/mol. The Morgan fingerprint density at radius 1 is 0.875 bits per heavy atom. The van der Waals surface area contributed by atoms with Crippen molar-refractivity contribution in [1.82, 2.24) is 30.6 Å². The number of hydrogen-bond acceptors (Lipinski definition) is 6. The summed E-state index contributed by atoms with van der Waals surface area (Å²) in [6.45, 7) is 0. The first kappa shape index (κ1) is 22.7. The van der Waals surface area contributed by atoms with Gasteiger partial charge in [-0.2, -0.15) is 0 Å². The number of aromatic amines is 2. The van der Waals surface area contributed by atoms with E-state index in [-0.39, 0.29) is 12.8 Å². The predicted molar refractivity (Wildman–Crippen MR) is 114 cm³/mol. The van der Waals surface area contributed by atoms with E-state index >= 15 is 0 Å². The minimum atomic E-state index is -1.21. The van der Waals surface area contributed by atoms with Crippen LogP contribution in [0.4, 0.5) is 0 Å². The summed E-state index contributed by atoms with van der Waals surface area (Å²) >= 11 is 0. The number of aliphatic carboxylic acids is 1. The number of carboxylic acids is 1. The SMILES string of the molecule is NC(Cc1ccccc1)C(=O)NC(Cc1cnc[nH]1)C(=O)NC(Cc1cnc[nH]1)C(=O)O. The third kappa shape index (κ3) is 6.51. The van der Waals surface area contributed by atoms with Crippen molar-refractivity contribution in [2.75, 3.05) is 0 Å². The Hall–Kier alpha value is -3.99. The Labute approximate surface area is 183 Å². The molecule has 7 N–H and O–H groups in total. The molecule has 0 fully saturated rings. The molecule has 3 aromatic rings. The number of carbonyl (C=O) groups is 3. The maximum absolute atomic E-state index is 12.9. The minimum Gasteiger partial charge on any atom is -0.480 e. The van der Waals surface area contributed by atoms with Crippen LogP contribution in [0.3, 0.4) is 0 Å². The van der Waals surface area contributed by atoms with Crippen LogP contribution in [0.5, 0.6) is 0 Å². The van der Waals surface area contributed by atoms with E-state index in [1.54, 1.807) is 0 Å². The van der Waals surface area contributed by atoms with Crippen molar-refractivity contribution in [2.45, 2.75) is 37.4 Å². The molecule has 0 spiro atoms. The van der Waals surface area contributed by atoms with Crippen molar-refractivity contribution in [3.8, 4) is 0 Å². The highest BCUT2D eigenvalue weighted by Crippen LogP contribution is 2.05. The number of hydrogen-bond donors (Lipinski definition) is 6. The van der Waals surface area contributed by atoms with E-state index < -0.39 is 35.9 Å². The third-order valence-corrected chi connectivity index (χ3v) is 4.84. The van der Waals surface area contributed by atoms with Gasteiger partial charge in [-0.15, -0.1) is 0 Å². The standard InChI is InChI=1S/C21H25N7O4/c22-16(6-13-4-2-1-3-5-13)19(29)27-17(7-14-9-23-11-25-14)20(30)28-18(21(31)32)8-15-10-24-12-26-15/h1-5,9-12,16-18H,6-8,22H2,(H,23,25)(H,24,26)(H,27,29)(H,28,30)(H,31,32). The van der Waals surface area contributed by atoms with E-state index in [1.165, 1.54) is 25.0 Å². The van der Waals surface area contributed by atoms with E-state index in [2.05, 4.69) is 30.6 Å². The van der Waals surface area contributed by atoms with Crippen molar-refractivity contribution in [2.24, 2.45) is 5.73 Å². The fourth-order valence-electron chi connectivity index (χ4n) is 3.15. The second-order valence-electron chi connectivity index (χ2n) is 7.32. The molecule has 3 unspecified atom stereocenters. The molecule has 32 heavy (non-hydrogen) atoms. The van der Waals surface area contributed by atoms with Crippen LogP contribution in [-0.4, -0.2) is 61.0 Å². The van der Waals surface area contributed by atoms with Gasteiger partial charge in [-0.25, -0.2) is 14.8 Å². The summed E-state index contributed by atoms with van der Waals surface area (Å²) in [5, 5.41) is 14.6. The Bertz CT molecular complexity index is 1010. The first-order valence-electron chi connectivity index (χ1n) is 10.00. The maximum atomic E-state index is 12.9. The largest absolute Gasteiger partial charge is 0.480 e. The fraction of sp³-hybridized carbons (Fsp3) is 0.286. The smallest absolute Gasteiger partial charge is 0.326 e. The third-order valence-electron chi connectivity index (χ3n) is 4.84. The van der Waals surface area contributed by atoms with Crippen LogP contribution in [0.1, 0.15) is 17.0 Å². The first-order valence-corrected chi connectivity index (χ1v) is 10.00. The topological polar surface area (TPSA) is 179 Å². The van der Waals surface area contributed by atoms with Crippen molar-refractivity contribution in [1.29, 1.82) is 0 Å². The molecular formula is C21H25N7O4. The van der Waals surface area contributed by atoms with Crippen LogP contribution in [-0.2, 0) is 33.6 Å². The van der Waals surface area contributed by atoms with E-state index in [1.807, 2.05) is 30.3 Å². The van der Waals surface area contributed by atoms with E-state index in [0.29, 0.717) is 17.8 Å². The van der Waals surface area contributed by atoms with E-state index in [0.717, 1.165) is 5.56 Å². The lowest BCUT2D eigenvalue weighted by Crippen LogP contribution is -2.56. The molecule has 0 radical (unpaired) electrons. The molecule has 0 saturated heterocycles. The Morgan fingerprint density at radius 2 is 1.44 bits per heavy atom. The maximum Gasteiger partial charge on any atom is 0.326 e. The van der Waals surface area contributed by atoms with Crippen LogP contribution in [0.2, 0.25) is 0 Å². The normalized spacial score (nSPS) is 13.7. The molecule has 0 saturated carbocycles. The van der Waals surface area contributed by atoms with Gasteiger partial charge in [0.25, 0.3) is 0 Å². The molecule has 0 aliphatic carbocycles. The molecule has 11 nitrogen and oxygen atoms in total. The zero-order valence-electron chi connectivity index (χ0n) is 17.2. The van der Waals surface area contributed by atoms with Crippen LogP contribution in [0.25, 0.3) is 0 Å². The Morgan fingerprint density at radius 3 is 1.97 bits per heavy atom. The van der Waals surface area contributed by atoms with Gasteiger partial charge >= 0.3 is 5.97 Å². The predicted octanol–water partition coefficient (Wildman–Crippen LogP) is -0.458. The van der Waals surface area contributed by atoms with Gasteiger partial charge in [0.05, 0.1) is 18.7 Å². The Kier molecular flexibility index (Phi) is 7.70. The van der Waals surface area contributed by atoms with Gasteiger partial charge in [0, 0.05) is 36.6 Å². The highest BCUT2D eigenvalue weighted by Gasteiger charge is 2.29. The van der Waals surface area contributed by atoms with Gasteiger partial charge in [-0.05, 0) is 12.0 Å². The fourth-order valence-corrected chi connectivity index (χ4v) is 3.15. The lowest BCUT2D eigenvalue weighted by Gasteiger charge is -2.22. The average Bonchev–Trinajstić information content (AvgIpc) is 3.47. The molecule has 2 heterocycles. The van der Waals surface area contributed by atoms with Gasteiger partial charge in [-0.1, -0.05) is 30.3 Å². The van der Waals surface area contributed by atoms with E-state index in [4.69, 9.17) is 5.73 Å². The lowest BCUT2D eigenvalue weighted by molar-refractivity contribution is -0.142. The molecule has 2 amide bonds. The van der Waals surface area contributed by atoms with Gasteiger partial charge in [0.2, 0.25) is 11.8 Å². The summed E-state index contributed by atoms with van der Waals surface area (Å²) in [4.78, 5) is 50.7. The molecule has 2 aromatic heterocycles. The highest BCUT2D eigenvalue weighted by atomic mass is 16.4. The number of carboxylic acid groups (broad SMARTS) is 1. The zero-order chi connectivity index (χ0) is 22.9. The summed E-state index contributed by atoms with van der Waals surface area (Å²) in [5.74, 6) is -2.37. The number of imidazole rings is 2. The summed E-state index contributed by atoms with van der Waals surface area (Å²) < 4.78 is 0. The van der Waals surface area contributed by atoms with Gasteiger partial charge < -0.3 is 31.4 Å². The second kappa shape index (κ2) is 10.9. The van der Waals surface area contributed by atoms with Crippen molar-refractivity contribution in [3.05, 3.63) is 72.3 Å². The van der Waals surface area contributed by atoms with Crippen LogP contribution < -0.4 is 16.4 Å². The molecule has 3 atom stereocenters. The van der Waals surface area contributed by atoms with Crippen LogP contribution >= 0.6 is 0 Å². The van der Waals surface area contributed by atoms with Crippen molar-refractivity contribution in [3.63, 3.8) is 0 Å². The summed E-state index contributed by atoms with van der Waals surface area (Å²) in [5.41, 5.74) is 8.08. The van der Waals surface area contributed by atoms with Crippen molar-refractivity contribution < 1.29 is 19.5 Å². The number of carbonyl (C=O) groups excluding carboxylic acids is 2. The lowest BCUT2D eigenvalue weighted by atomic mass is 10.0. The molecule has 3 rings (SSSR count). The first-order chi connectivity index (χ1) is 15.4. The van der Waals surface area contributed by atoms with Crippen molar-refractivity contribution >= 4 is 17.8 Å². The highest BCUT2D eigenvalue weighted by molar-refractivity contribution is 5.92. The van der Waals surface area contributed by atoms with Gasteiger partial charge in [0.1, 0.15) is 12.1 Å². The number of rotatable bonds is 11. The van der Waals surface area contributed by atoms with Crippen LogP contribution in [0, 0.1) is 0 Å². The quantitative estimate of drug-likeness (QED) is 0.234. The molecule has 1 aromatic carbocycles. The van der Waals surface area contributed by atoms with Gasteiger partial charge in [0.15, 0.2) is 0 Å². The zero-order valence-corrected chi connectivity index (χ0v) is 17.2. The Balaban J connectivity index is 1.68. The molecule has 11 heteroatoms.